The Bertz CT molecular complexity index is 1530. The van der Waals surface area contributed by atoms with E-state index in [1.165, 1.54) is 49.4 Å². The molecule has 17 heteroatoms. The van der Waals surface area contributed by atoms with Crippen LogP contribution in [0.25, 0.3) is 6.08 Å². The number of hydrogen-bond acceptors (Lipinski definition) is 17. The monoisotopic (exact) mass is 708 g/mol. The summed E-state index contributed by atoms with van der Waals surface area (Å²) in [5.41, 5.74) is 0.922. The van der Waals surface area contributed by atoms with Crippen LogP contribution >= 0.6 is 0 Å². The highest BCUT2D eigenvalue weighted by atomic mass is 16.7. The van der Waals surface area contributed by atoms with Crippen molar-refractivity contribution in [2.75, 3.05) is 13.2 Å². The van der Waals surface area contributed by atoms with E-state index >= 15 is 0 Å². The van der Waals surface area contributed by atoms with Crippen LogP contribution in [0, 0.1) is 0 Å². The molecule has 0 unspecified atom stereocenters. The van der Waals surface area contributed by atoms with E-state index in [0.717, 1.165) is 19.9 Å². The number of hydrogen-bond donors (Lipinski definition) is 7. The van der Waals surface area contributed by atoms with E-state index in [9.17, 15) is 50.1 Å². The SMILES string of the molecule is CC(=O)O[C@@H]1[C@@H](OC(C)=O)[C@@H](O)[C@H](O[C@@H]2[C@@H](O)[C@H](OCCc3ccc(O)c(O)c3)O[C@H](COC(=O)/C=C/c3ccc(O)c(O)c3)[C@H]2O)O[C@H]1C. The van der Waals surface area contributed by atoms with Gasteiger partial charge in [0.25, 0.3) is 0 Å². The zero-order valence-corrected chi connectivity index (χ0v) is 27.2. The summed E-state index contributed by atoms with van der Waals surface area (Å²) in [6, 6.07) is 8.00. The molecule has 2 aliphatic heterocycles. The van der Waals surface area contributed by atoms with Crippen LogP contribution in [0.5, 0.6) is 23.0 Å². The lowest BCUT2D eigenvalue weighted by Crippen LogP contribution is -2.65. The molecular weight excluding hydrogens is 668 g/mol. The molecule has 2 aliphatic rings. The van der Waals surface area contributed by atoms with E-state index < -0.39 is 91.7 Å². The Morgan fingerprint density at radius 2 is 1.38 bits per heavy atom. The van der Waals surface area contributed by atoms with Crippen LogP contribution in [-0.2, 0) is 54.0 Å². The second-order valence-electron chi connectivity index (χ2n) is 11.6. The van der Waals surface area contributed by atoms with Crippen molar-refractivity contribution in [3.63, 3.8) is 0 Å². The Morgan fingerprint density at radius 1 is 0.760 bits per heavy atom. The summed E-state index contributed by atoms with van der Waals surface area (Å²) in [7, 11) is 0. The number of aromatic hydroxyl groups is 4. The highest BCUT2D eigenvalue weighted by Gasteiger charge is 2.53. The third-order valence-electron chi connectivity index (χ3n) is 7.80. The lowest BCUT2D eigenvalue weighted by molar-refractivity contribution is -0.357. The molecule has 2 heterocycles. The van der Waals surface area contributed by atoms with E-state index in [2.05, 4.69) is 0 Å². The van der Waals surface area contributed by atoms with Crippen LogP contribution in [-0.4, -0.2) is 128 Å². The van der Waals surface area contributed by atoms with Crippen LogP contribution in [0.1, 0.15) is 31.9 Å². The Hall–Kier alpha value is -4.49. The van der Waals surface area contributed by atoms with Gasteiger partial charge in [-0.1, -0.05) is 12.1 Å². The molecule has 4 rings (SSSR count). The zero-order valence-electron chi connectivity index (χ0n) is 27.2. The fraction of sp³-hybridized carbons (Fsp3) is 0.485. The molecule has 0 aromatic heterocycles. The fourth-order valence-corrected chi connectivity index (χ4v) is 5.31. The van der Waals surface area contributed by atoms with E-state index in [1.807, 2.05) is 0 Å². The molecule has 50 heavy (non-hydrogen) atoms. The molecule has 7 N–H and O–H groups in total. The lowest BCUT2D eigenvalue weighted by atomic mass is 9.97. The first-order chi connectivity index (χ1) is 23.6. The normalized spacial score (nSPS) is 29.7. The quantitative estimate of drug-likeness (QED) is 0.0669. The minimum Gasteiger partial charge on any atom is -0.504 e. The van der Waals surface area contributed by atoms with Crippen LogP contribution in [0.2, 0.25) is 0 Å². The molecule has 0 spiro atoms. The maximum Gasteiger partial charge on any atom is 0.330 e. The topological polar surface area (TPSA) is 257 Å². The average Bonchev–Trinajstić information content (AvgIpc) is 3.05. The maximum absolute atomic E-state index is 12.5. The zero-order chi connectivity index (χ0) is 36.7. The van der Waals surface area contributed by atoms with Gasteiger partial charge in [-0.15, -0.1) is 0 Å². The van der Waals surface area contributed by atoms with Crippen molar-refractivity contribution in [2.45, 2.75) is 88.6 Å². The molecule has 17 nitrogen and oxygen atoms in total. The lowest BCUT2D eigenvalue weighted by Gasteiger charge is -2.46. The highest BCUT2D eigenvalue weighted by molar-refractivity contribution is 5.87. The summed E-state index contributed by atoms with van der Waals surface area (Å²) >= 11 is 0. The number of carbonyl (C=O) groups is 3. The van der Waals surface area contributed by atoms with Gasteiger partial charge in [0.1, 0.15) is 37.1 Å². The second-order valence-corrected chi connectivity index (χ2v) is 11.6. The summed E-state index contributed by atoms with van der Waals surface area (Å²) in [6.45, 7) is 2.97. The Labute approximate surface area is 285 Å². The maximum atomic E-state index is 12.5. The van der Waals surface area contributed by atoms with Gasteiger partial charge in [-0.25, -0.2) is 4.79 Å². The van der Waals surface area contributed by atoms with Gasteiger partial charge in [0.15, 0.2) is 47.8 Å². The molecular formula is C33H40O17. The summed E-state index contributed by atoms with van der Waals surface area (Å²) in [5.74, 6) is -3.85. The van der Waals surface area contributed by atoms with Gasteiger partial charge in [-0.05, 0) is 54.8 Å². The Morgan fingerprint density at radius 3 is 2.02 bits per heavy atom. The highest BCUT2D eigenvalue weighted by Crippen LogP contribution is 2.32. The predicted octanol–water partition coefficient (Wildman–Crippen LogP) is 0.126. The van der Waals surface area contributed by atoms with E-state index in [-0.39, 0.29) is 30.3 Å². The second kappa shape index (κ2) is 16.9. The molecule has 0 amide bonds. The summed E-state index contributed by atoms with van der Waals surface area (Å²) in [4.78, 5) is 36.1. The van der Waals surface area contributed by atoms with Gasteiger partial charge in [0, 0.05) is 19.9 Å². The van der Waals surface area contributed by atoms with E-state index in [0.29, 0.717) is 11.1 Å². The number of phenols is 4. The molecule has 0 bridgehead atoms. The first kappa shape index (κ1) is 38.3. The minimum atomic E-state index is -1.77. The number of phenolic OH excluding ortho intramolecular Hbond substituents is 4. The third kappa shape index (κ3) is 9.81. The van der Waals surface area contributed by atoms with Crippen LogP contribution in [0.15, 0.2) is 42.5 Å². The smallest absolute Gasteiger partial charge is 0.330 e. The fourth-order valence-electron chi connectivity index (χ4n) is 5.31. The largest absolute Gasteiger partial charge is 0.504 e. The molecule has 0 radical (unpaired) electrons. The average molecular weight is 709 g/mol. The van der Waals surface area contributed by atoms with Crippen LogP contribution < -0.4 is 0 Å². The predicted molar refractivity (Wildman–Crippen MR) is 166 cm³/mol. The molecule has 2 fully saturated rings. The van der Waals surface area contributed by atoms with Gasteiger partial charge in [0.2, 0.25) is 0 Å². The van der Waals surface area contributed by atoms with Crippen molar-refractivity contribution in [3.8, 4) is 23.0 Å². The summed E-state index contributed by atoms with van der Waals surface area (Å²) < 4.78 is 38.8. The van der Waals surface area contributed by atoms with Crippen molar-refractivity contribution < 1.29 is 83.3 Å². The number of benzene rings is 2. The van der Waals surface area contributed by atoms with Crippen LogP contribution in [0.3, 0.4) is 0 Å². The Balaban J connectivity index is 1.50. The number of aliphatic hydroxyl groups excluding tert-OH is 3. The van der Waals surface area contributed by atoms with E-state index in [1.54, 1.807) is 0 Å². The van der Waals surface area contributed by atoms with Gasteiger partial charge in [0.05, 0.1) is 12.7 Å². The molecule has 0 aliphatic carbocycles. The summed E-state index contributed by atoms with van der Waals surface area (Å²) in [6.07, 6.45) is -12.6. The van der Waals surface area contributed by atoms with Gasteiger partial charge >= 0.3 is 17.9 Å². The third-order valence-corrected chi connectivity index (χ3v) is 7.80. The number of esters is 3. The number of ether oxygens (including phenoxy) is 7. The van der Waals surface area contributed by atoms with Gasteiger partial charge in [-0.3, -0.25) is 9.59 Å². The van der Waals surface area contributed by atoms with Crippen molar-refractivity contribution in [2.24, 2.45) is 0 Å². The minimum absolute atomic E-state index is 0.109. The molecule has 2 aromatic carbocycles. The van der Waals surface area contributed by atoms with Gasteiger partial charge < -0.3 is 68.9 Å². The molecule has 2 aromatic rings. The molecule has 10 atom stereocenters. The molecule has 2 saturated heterocycles. The molecule has 274 valence electrons. The first-order valence-corrected chi connectivity index (χ1v) is 15.5. The van der Waals surface area contributed by atoms with E-state index in [4.69, 9.17) is 33.2 Å². The summed E-state index contributed by atoms with van der Waals surface area (Å²) in [5, 5.41) is 72.1. The number of carbonyl (C=O) groups excluding carboxylic acids is 3. The number of aliphatic hydroxyl groups is 3. The standard InChI is InChI=1S/C33H40O17/c1-15-29(47-16(2)34)31(48-17(3)35)28(43)33(46-15)50-30-26(41)24(14-45-25(40)9-6-18-4-7-20(36)22(38)12-18)49-32(27(30)42)44-11-10-19-5-8-21(37)23(39)13-19/h4-9,12-13,15,24,26-33,36-39,41-43H,10-11,14H2,1-3H3/b9-6+/t15-,24+,26+,27+,28+,29-,30-,31-,32+,33-/m0/s1. The van der Waals surface area contributed by atoms with Crippen molar-refractivity contribution in [3.05, 3.63) is 53.6 Å². The first-order valence-electron chi connectivity index (χ1n) is 15.5. The van der Waals surface area contributed by atoms with Gasteiger partial charge in [-0.2, -0.15) is 0 Å². The molecule has 0 saturated carbocycles. The number of rotatable bonds is 12. The van der Waals surface area contributed by atoms with Crippen molar-refractivity contribution >= 4 is 24.0 Å². The van der Waals surface area contributed by atoms with Crippen molar-refractivity contribution in [1.29, 1.82) is 0 Å². The van der Waals surface area contributed by atoms with Crippen molar-refractivity contribution in [1.82, 2.24) is 0 Å². The Kier molecular flexibility index (Phi) is 13.0. The van der Waals surface area contributed by atoms with Crippen LogP contribution in [0.4, 0.5) is 0 Å².